The predicted octanol–water partition coefficient (Wildman–Crippen LogP) is 2.91. The summed E-state index contributed by atoms with van der Waals surface area (Å²) >= 11 is 5.54. The van der Waals surface area contributed by atoms with Crippen LogP contribution in [0.25, 0.3) is 0 Å². The molecule has 0 saturated heterocycles. The highest BCUT2D eigenvalue weighted by Gasteiger charge is 2.13. The van der Waals surface area contributed by atoms with Crippen LogP contribution in [0.1, 0.15) is 13.8 Å². The van der Waals surface area contributed by atoms with E-state index in [0.717, 1.165) is 17.8 Å². The number of benzene rings is 1. The monoisotopic (exact) mass is 414 g/mol. The van der Waals surface area contributed by atoms with Crippen molar-refractivity contribution in [2.24, 2.45) is 10.9 Å². The number of methoxy groups -OCH3 is 1. The van der Waals surface area contributed by atoms with Crippen LogP contribution in [-0.2, 0) is 9.53 Å². The molecule has 0 aliphatic heterocycles. The highest BCUT2D eigenvalue weighted by molar-refractivity contribution is 7.99. The van der Waals surface area contributed by atoms with Gasteiger partial charge in [-0.15, -0.1) is 11.8 Å². The van der Waals surface area contributed by atoms with Crippen molar-refractivity contribution in [3.63, 3.8) is 0 Å². The third-order valence-corrected chi connectivity index (χ3v) is 4.54. The van der Waals surface area contributed by atoms with Crippen LogP contribution in [0.2, 0.25) is 0 Å². The van der Waals surface area contributed by atoms with Crippen LogP contribution < -0.4 is 16.0 Å². The summed E-state index contributed by atoms with van der Waals surface area (Å²) in [5.74, 6) is 0.623. The first-order valence-corrected chi connectivity index (χ1v) is 9.48. The Bertz CT molecular complexity index is 725. The number of nitrogens with zero attached hydrogens (tertiary/aromatic N) is 1. The summed E-state index contributed by atoms with van der Waals surface area (Å²) in [6.45, 7) is 4.19. The Morgan fingerprint density at radius 3 is 2.56 bits per heavy atom. The molecule has 0 aliphatic rings. The van der Waals surface area contributed by atoms with Crippen LogP contribution in [0.4, 0.5) is 21.0 Å². The fourth-order valence-electron chi connectivity index (χ4n) is 1.71. The fourth-order valence-corrected chi connectivity index (χ4v) is 2.68. The molecular weight excluding hydrogens is 392 g/mol. The Hall–Kier alpha value is -2.40. The van der Waals surface area contributed by atoms with Crippen molar-refractivity contribution in [2.45, 2.75) is 18.7 Å². The first kappa shape index (κ1) is 22.6. The molecule has 1 aromatic rings. The molecule has 0 spiro atoms. The lowest BCUT2D eigenvalue weighted by Crippen LogP contribution is -2.43. The Balaban J connectivity index is 3.24. The van der Waals surface area contributed by atoms with Gasteiger partial charge < -0.3 is 15.2 Å². The molecule has 0 unspecified atom stereocenters. The minimum absolute atomic E-state index is 0.0346. The zero-order chi connectivity index (χ0) is 20.4. The molecule has 0 saturated carbocycles. The van der Waals surface area contributed by atoms with Gasteiger partial charge in [-0.05, 0) is 24.1 Å². The largest absolute Gasteiger partial charge is 0.465 e. The van der Waals surface area contributed by atoms with Crippen LogP contribution in [0.5, 0.6) is 0 Å². The molecular formula is C16H22N4O5S2. The van der Waals surface area contributed by atoms with E-state index in [-0.39, 0.29) is 23.3 Å². The van der Waals surface area contributed by atoms with Gasteiger partial charge in [-0.3, -0.25) is 15.4 Å². The number of guanidine groups is 1. The second kappa shape index (κ2) is 11.3. The minimum atomic E-state index is -1.42. The highest BCUT2D eigenvalue weighted by atomic mass is 32.2. The van der Waals surface area contributed by atoms with Gasteiger partial charge in [-0.1, -0.05) is 13.8 Å². The Morgan fingerprint density at radius 2 is 2.00 bits per heavy atom. The standard InChI is InChI=1S/C16H22N4O5S2/c1-9(2)8-27-10-4-5-11(12(6-10)17-13(21)7-26)18-14(19-15(22)23)20-16(24)25-3/h4-6,9,26H,7-8H2,1-3H3,(H,17,21)(H,22,23)(H2,18,19,20,24). The van der Waals surface area contributed by atoms with Crippen LogP contribution in [0, 0.1) is 5.92 Å². The van der Waals surface area contributed by atoms with Gasteiger partial charge in [0.15, 0.2) is 0 Å². The summed E-state index contributed by atoms with van der Waals surface area (Å²) in [5, 5.41) is 15.7. The van der Waals surface area contributed by atoms with Crippen molar-refractivity contribution in [3.8, 4) is 0 Å². The third kappa shape index (κ3) is 8.69. The van der Waals surface area contributed by atoms with Crippen molar-refractivity contribution < 1.29 is 24.2 Å². The molecule has 9 nitrogen and oxygen atoms in total. The van der Waals surface area contributed by atoms with Crippen molar-refractivity contribution >= 4 is 59.8 Å². The predicted molar refractivity (Wildman–Crippen MR) is 108 cm³/mol. The Morgan fingerprint density at radius 1 is 1.30 bits per heavy atom. The molecule has 3 amide bonds. The van der Waals surface area contributed by atoms with Gasteiger partial charge in [-0.25, -0.2) is 14.6 Å². The molecule has 0 atom stereocenters. The number of carbonyl (C=O) groups excluding carboxylic acids is 2. The maximum atomic E-state index is 11.8. The molecule has 4 N–H and O–H groups in total. The third-order valence-electron chi connectivity index (χ3n) is 2.83. The summed E-state index contributed by atoms with van der Waals surface area (Å²) in [7, 11) is 1.13. The number of rotatable bonds is 6. The average molecular weight is 415 g/mol. The number of carbonyl (C=O) groups is 3. The number of amides is 3. The van der Waals surface area contributed by atoms with E-state index in [1.165, 1.54) is 0 Å². The summed E-state index contributed by atoms with van der Waals surface area (Å²) in [6.07, 6.45) is -2.32. The van der Waals surface area contributed by atoms with Crippen molar-refractivity contribution in [2.75, 3.05) is 23.9 Å². The number of ether oxygens (including phenoxy) is 1. The lowest BCUT2D eigenvalue weighted by molar-refractivity contribution is -0.113. The van der Waals surface area contributed by atoms with Crippen molar-refractivity contribution in [1.29, 1.82) is 0 Å². The number of thioether (sulfide) groups is 1. The number of aliphatic imine (C=N–C) groups is 1. The van der Waals surface area contributed by atoms with Crippen LogP contribution in [0.15, 0.2) is 28.1 Å². The Kier molecular flexibility index (Phi) is 9.51. The SMILES string of the molecule is COC(=O)NC(=Nc1ccc(SCC(C)C)cc1NC(=O)CS)NC(=O)O. The van der Waals surface area contributed by atoms with E-state index in [4.69, 9.17) is 5.11 Å². The lowest BCUT2D eigenvalue weighted by Gasteiger charge is -2.12. The van der Waals surface area contributed by atoms with Gasteiger partial charge in [0.2, 0.25) is 11.9 Å². The van der Waals surface area contributed by atoms with Gasteiger partial charge in [0, 0.05) is 10.6 Å². The second-order valence-electron chi connectivity index (χ2n) is 5.60. The van der Waals surface area contributed by atoms with E-state index in [1.54, 1.807) is 30.0 Å². The highest BCUT2D eigenvalue weighted by Crippen LogP contribution is 2.31. The van der Waals surface area contributed by atoms with Crippen molar-refractivity contribution in [3.05, 3.63) is 18.2 Å². The topological polar surface area (TPSA) is 129 Å². The minimum Gasteiger partial charge on any atom is -0.465 e. The lowest BCUT2D eigenvalue weighted by atomic mass is 10.2. The molecule has 0 bridgehead atoms. The smallest absolute Gasteiger partial charge is 0.413 e. The van der Waals surface area contributed by atoms with Crippen LogP contribution in [0.3, 0.4) is 0 Å². The second-order valence-corrected chi connectivity index (χ2v) is 7.01. The molecule has 0 heterocycles. The van der Waals surface area contributed by atoms with E-state index in [2.05, 4.69) is 46.8 Å². The maximum absolute atomic E-state index is 11.8. The van der Waals surface area contributed by atoms with Crippen LogP contribution >= 0.6 is 24.4 Å². The first-order valence-electron chi connectivity index (χ1n) is 7.86. The molecule has 148 valence electrons. The molecule has 0 aliphatic carbocycles. The molecule has 11 heteroatoms. The van der Waals surface area contributed by atoms with Gasteiger partial charge in [0.1, 0.15) is 0 Å². The van der Waals surface area contributed by atoms with E-state index in [0.29, 0.717) is 11.6 Å². The van der Waals surface area contributed by atoms with E-state index >= 15 is 0 Å². The Labute approximate surface area is 166 Å². The summed E-state index contributed by atoms with van der Waals surface area (Å²) in [4.78, 5) is 39.0. The fraction of sp³-hybridized carbons (Fsp3) is 0.375. The number of hydrogen-bond acceptors (Lipinski definition) is 7. The zero-order valence-electron chi connectivity index (χ0n) is 15.1. The summed E-state index contributed by atoms with van der Waals surface area (Å²) in [6, 6.07) is 5.13. The van der Waals surface area contributed by atoms with Crippen LogP contribution in [-0.4, -0.2) is 47.8 Å². The number of hydrogen-bond donors (Lipinski definition) is 5. The number of alkyl carbamates (subject to hydrolysis) is 1. The van der Waals surface area contributed by atoms with E-state index in [1.807, 2.05) is 5.32 Å². The first-order chi connectivity index (χ1) is 12.7. The van der Waals surface area contributed by atoms with Gasteiger partial charge in [0.05, 0.1) is 24.2 Å². The molecule has 0 fully saturated rings. The molecule has 0 aromatic heterocycles. The molecule has 1 rings (SSSR count). The zero-order valence-corrected chi connectivity index (χ0v) is 16.8. The average Bonchev–Trinajstić information content (AvgIpc) is 2.60. The normalized spacial score (nSPS) is 11.1. The van der Waals surface area contributed by atoms with E-state index < -0.39 is 12.2 Å². The number of carboxylic acid groups (broad SMARTS) is 1. The maximum Gasteiger partial charge on any atom is 0.413 e. The summed E-state index contributed by atoms with van der Waals surface area (Å²) in [5.41, 5.74) is 0.610. The molecule has 1 aromatic carbocycles. The number of nitrogens with one attached hydrogen (secondary N) is 3. The number of anilines is 1. The van der Waals surface area contributed by atoms with Crippen molar-refractivity contribution in [1.82, 2.24) is 10.6 Å². The molecule has 27 heavy (non-hydrogen) atoms. The quantitative estimate of drug-likeness (QED) is 0.211. The van der Waals surface area contributed by atoms with Gasteiger partial charge in [-0.2, -0.15) is 12.6 Å². The summed E-state index contributed by atoms with van der Waals surface area (Å²) < 4.78 is 4.44. The van der Waals surface area contributed by atoms with Gasteiger partial charge in [0.25, 0.3) is 0 Å². The number of thiol groups is 1. The molecule has 0 radical (unpaired) electrons. The van der Waals surface area contributed by atoms with E-state index in [9.17, 15) is 14.4 Å². The van der Waals surface area contributed by atoms with Gasteiger partial charge >= 0.3 is 12.2 Å².